The summed E-state index contributed by atoms with van der Waals surface area (Å²) in [6.45, 7) is 0.275. The number of nitro benzene ring substituents is 2. The molecule has 0 aliphatic carbocycles. The molecule has 0 saturated heterocycles. The highest BCUT2D eigenvalue weighted by Crippen LogP contribution is 2.17. The van der Waals surface area contributed by atoms with Crippen LogP contribution in [0.5, 0.6) is 11.5 Å². The van der Waals surface area contributed by atoms with Crippen molar-refractivity contribution < 1.29 is 19.3 Å². The van der Waals surface area contributed by atoms with Gasteiger partial charge in [-0.2, -0.15) is 0 Å². The van der Waals surface area contributed by atoms with E-state index in [0.29, 0.717) is 11.5 Å². The fourth-order valence-electron chi connectivity index (χ4n) is 1.85. The number of allylic oxidation sites excluding steroid dienone is 2. The summed E-state index contributed by atoms with van der Waals surface area (Å²) in [6.07, 6.45) is 3.11. The van der Waals surface area contributed by atoms with Gasteiger partial charge in [0.1, 0.15) is 24.7 Å². The number of nitro groups is 2. The van der Waals surface area contributed by atoms with Crippen LogP contribution in [-0.2, 0) is 0 Å². The van der Waals surface area contributed by atoms with Gasteiger partial charge < -0.3 is 9.47 Å². The molecule has 28 heavy (non-hydrogen) atoms. The van der Waals surface area contributed by atoms with E-state index in [-0.39, 0.29) is 24.6 Å². The molecule has 2 aromatic carbocycles. The number of hydrogen-bond donors (Lipinski definition) is 0. The average Bonchev–Trinajstić information content (AvgIpc) is 2.70. The van der Waals surface area contributed by atoms with Gasteiger partial charge in [0.2, 0.25) is 0 Å². The van der Waals surface area contributed by atoms with Crippen molar-refractivity contribution in [1.29, 1.82) is 0 Å². The summed E-state index contributed by atoms with van der Waals surface area (Å²) in [5.74, 6) is 12.0. The molecular weight excluding hydrogens is 364 g/mol. The highest BCUT2D eigenvalue weighted by atomic mass is 16.6. The molecule has 140 valence electrons. The Morgan fingerprint density at radius 2 is 1.07 bits per heavy atom. The van der Waals surface area contributed by atoms with Crippen LogP contribution in [0.15, 0.2) is 60.7 Å². The van der Waals surface area contributed by atoms with Gasteiger partial charge in [-0.05, 0) is 36.4 Å². The summed E-state index contributed by atoms with van der Waals surface area (Å²) in [6, 6.07) is 11.5. The first-order chi connectivity index (χ1) is 13.6. The molecule has 0 unspecified atom stereocenters. The van der Waals surface area contributed by atoms with Crippen molar-refractivity contribution in [2.24, 2.45) is 0 Å². The van der Waals surface area contributed by atoms with E-state index in [9.17, 15) is 20.2 Å². The number of ether oxygens (including phenoxy) is 2. The molecule has 0 bridgehead atoms. The molecule has 8 heteroatoms. The van der Waals surface area contributed by atoms with Crippen molar-refractivity contribution in [3.8, 4) is 35.2 Å². The van der Waals surface area contributed by atoms with E-state index in [0.717, 1.165) is 0 Å². The summed E-state index contributed by atoms with van der Waals surface area (Å²) in [5.41, 5.74) is -0.00463. The van der Waals surface area contributed by atoms with Gasteiger partial charge >= 0.3 is 0 Å². The van der Waals surface area contributed by atoms with Gasteiger partial charge in [-0.15, -0.1) is 0 Å². The lowest BCUT2D eigenvalue weighted by Gasteiger charge is -2.00. The molecule has 2 rings (SSSR count). The number of rotatable bonds is 6. The second-order valence-corrected chi connectivity index (χ2v) is 5.05. The summed E-state index contributed by atoms with van der Waals surface area (Å²) >= 11 is 0. The van der Waals surface area contributed by atoms with E-state index >= 15 is 0 Å². The fraction of sp³-hybridized carbons (Fsp3) is 0.100. The third-order valence-electron chi connectivity index (χ3n) is 3.17. The minimum absolute atomic E-state index is 0.00232. The predicted octanol–water partition coefficient (Wildman–Crippen LogP) is 3.52. The largest absolute Gasteiger partial charge is 0.481 e. The fourth-order valence-corrected chi connectivity index (χ4v) is 1.85. The maximum Gasteiger partial charge on any atom is 0.269 e. The van der Waals surface area contributed by atoms with Gasteiger partial charge in [0.25, 0.3) is 11.4 Å². The zero-order valence-corrected chi connectivity index (χ0v) is 14.5. The quantitative estimate of drug-likeness (QED) is 0.433. The average molecular weight is 378 g/mol. The van der Waals surface area contributed by atoms with Crippen molar-refractivity contribution in [2.45, 2.75) is 0 Å². The van der Waals surface area contributed by atoms with Crippen molar-refractivity contribution in [3.05, 3.63) is 80.9 Å². The summed E-state index contributed by atoms with van der Waals surface area (Å²) < 4.78 is 10.7. The Kier molecular flexibility index (Phi) is 7.60. The van der Waals surface area contributed by atoms with Crippen molar-refractivity contribution in [3.63, 3.8) is 0 Å². The Labute approximate surface area is 160 Å². The first-order valence-electron chi connectivity index (χ1n) is 7.92. The molecular formula is C20H14N2O6. The lowest BCUT2D eigenvalue weighted by atomic mass is 10.3. The second-order valence-electron chi connectivity index (χ2n) is 5.05. The van der Waals surface area contributed by atoms with Crippen LogP contribution in [0.25, 0.3) is 0 Å². The summed E-state index contributed by atoms with van der Waals surface area (Å²) in [7, 11) is 0. The van der Waals surface area contributed by atoms with Gasteiger partial charge in [-0.3, -0.25) is 20.2 Å². The number of benzene rings is 2. The third-order valence-corrected chi connectivity index (χ3v) is 3.17. The van der Waals surface area contributed by atoms with Gasteiger partial charge in [-0.25, -0.2) is 0 Å². The monoisotopic (exact) mass is 378 g/mol. The van der Waals surface area contributed by atoms with E-state index in [2.05, 4.69) is 23.7 Å². The van der Waals surface area contributed by atoms with Gasteiger partial charge in [0.15, 0.2) is 0 Å². The van der Waals surface area contributed by atoms with Crippen LogP contribution in [0, 0.1) is 43.9 Å². The maximum atomic E-state index is 10.5. The minimum Gasteiger partial charge on any atom is -0.481 e. The molecule has 0 atom stereocenters. The zero-order chi connectivity index (χ0) is 20.2. The lowest BCUT2D eigenvalue weighted by molar-refractivity contribution is -0.385. The molecule has 0 saturated carbocycles. The lowest BCUT2D eigenvalue weighted by Crippen LogP contribution is -1.94. The molecule has 0 aliphatic rings. The van der Waals surface area contributed by atoms with E-state index in [1.807, 2.05) is 0 Å². The smallest absolute Gasteiger partial charge is 0.269 e. The van der Waals surface area contributed by atoms with Crippen LogP contribution in [-0.4, -0.2) is 23.1 Å². The molecule has 0 aromatic heterocycles. The molecule has 0 radical (unpaired) electrons. The van der Waals surface area contributed by atoms with Crippen LogP contribution >= 0.6 is 0 Å². The first kappa shape index (κ1) is 20.0. The SMILES string of the molecule is O=[N+]([O-])c1ccc(OCC#C/C=C\C#CCOc2ccc([N+](=O)[O-])cc2)cc1. The van der Waals surface area contributed by atoms with Crippen molar-refractivity contribution in [1.82, 2.24) is 0 Å². The van der Waals surface area contributed by atoms with Crippen molar-refractivity contribution in [2.75, 3.05) is 13.2 Å². The molecule has 0 fully saturated rings. The predicted molar refractivity (Wildman–Crippen MR) is 102 cm³/mol. The Hall–Kier alpha value is -4.30. The molecule has 0 heterocycles. The van der Waals surface area contributed by atoms with E-state index in [4.69, 9.17) is 9.47 Å². The first-order valence-corrected chi connectivity index (χ1v) is 7.92. The van der Waals surface area contributed by atoms with Gasteiger partial charge in [-0.1, -0.05) is 23.7 Å². The normalized spacial score (nSPS) is 9.57. The van der Waals surface area contributed by atoms with Crippen molar-refractivity contribution >= 4 is 11.4 Å². The highest BCUT2D eigenvalue weighted by molar-refractivity contribution is 5.37. The zero-order valence-electron chi connectivity index (χ0n) is 14.5. The van der Waals surface area contributed by atoms with E-state index in [1.54, 1.807) is 12.2 Å². The molecule has 0 spiro atoms. The molecule has 2 aromatic rings. The topological polar surface area (TPSA) is 105 Å². The van der Waals surface area contributed by atoms with Gasteiger partial charge in [0.05, 0.1) is 9.85 Å². The third kappa shape index (κ3) is 6.90. The Balaban J connectivity index is 1.67. The highest BCUT2D eigenvalue weighted by Gasteiger charge is 2.04. The Bertz CT molecular complexity index is 892. The number of non-ortho nitro benzene ring substituents is 2. The van der Waals surface area contributed by atoms with Crippen LogP contribution in [0.2, 0.25) is 0 Å². The van der Waals surface area contributed by atoms with E-state index < -0.39 is 9.85 Å². The summed E-state index contributed by atoms with van der Waals surface area (Å²) in [4.78, 5) is 20.1. The summed E-state index contributed by atoms with van der Waals surface area (Å²) in [5, 5.41) is 21.1. The molecule has 0 N–H and O–H groups in total. The molecule has 0 amide bonds. The minimum atomic E-state index is -0.480. The van der Waals surface area contributed by atoms with Crippen LogP contribution in [0.3, 0.4) is 0 Å². The van der Waals surface area contributed by atoms with Crippen LogP contribution in [0.1, 0.15) is 0 Å². The molecule has 0 aliphatic heterocycles. The standard InChI is InChI=1S/C20H14N2O6/c23-21(24)17-7-11-19(12-8-17)27-15-5-3-1-2-4-6-16-28-20-13-9-18(10-14-20)22(25)26/h1-2,7-14H,15-16H2/b2-1-. The van der Waals surface area contributed by atoms with Crippen LogP contribution in [0.4, 0.5) is 11.4 Å². The van der Waals surface area contributed by atoms with E-state index in [1.165, 1.54) is 48.5 Å². The Morgan fingerprint density at radius 3 is 1.39 bits per heavy atom. The maximum absolute atomic E-state index is 10.5. The Morgan fingerprint density at radius 1 is 0.714 bits per heavy atom. The number of hydrogen-bond acceptors (Lipinski definition) is 6. The number of nitrogens with zero attached hydrogens (tertiary/aromatic N) is 2. The second kappa shape index (κ2) is 10.6. The van der Waals surface area contributed by atoms with Crippen LogP contribution < -0.4 is 9.47 Å². The van der Waals surface area contributed by atoms with Gasteiger partial charge in [0, 0.05) is 24.3 Å². The molecule has 8 nitrogen and oxygen atoms in total.